The van der Waals surface area contributed by atoms with Crippen LogP contribution in [0.5, 0.6) is 0 Å². The van der Waals surface area contributed by atoms with E-state index in [4.69, 9.17) is 4.74 Å². The molecule has 3 heteroatoms. The molecule has 1 heterocycles. The van der Waals surface area contributed by atoms with Gasteiger partial charge in [-0.25, -0.2) is 0 Å². The summed E-state index contributed by atoms with van der Waals surface area (Å²) in [4.78, 5) is 2.68. The quantitative estimate of drug-likeness (QED) is 0.817. The van der Waals surface area contributed by atoms with E-state index >= 15 is 0 Å². The van der Waals surface area contributed by atoms with Crippen LogP contribution in [0.2, 0.25) is 0 Å². The summed E-state index contributed by atoms with van der Waals surface area (Å²) < 4.78 is 5.57. The van der Waals surface area contributed by atoms with Crippen molar-refractivity contribution in [1.29, 1.82) is 0 Å². The number of piperazine rings is 1. The monoisotopic (exact) mass is 254 g/mol. The number of rotatable bonds is 2. The van der Waals surface area contributed by atoms with Gasteiger partial charge in [-0.15, -0.1) is 0 Å². The van der Waals surface area contributed by atoms with Crippen LogP contribution in [0.4, 0.5) is 0 Å². The van der Waals surface area contributed by atoms with Crippen molar-refractivity contribution in [3.8, 4) is 0 Å². The molecule has 1 aliphatic heterocycles. The summed E-state index contributed by atoms with van der Waals surface area (Å²) in [6.07, 6.45) is 1.63. The molecule has 0 bridgehead atoms. The van der Waals surface area contributed by atoms with Crippen molar-refractivity contribution < 1.29 is 4.74 Å². The number of methoxy groups -OCH3 is 1. The van der Waals surface area contributed by atoms with Crippen LogP contribution < -0.4 is 5.32 Å². The predicted octanol–water partition coefficient (Wildman–Crippen LogP) is 2.12. The lowest BCUT2D eigenvalue weighted by molar-refractivity contribution is -0.144. The van der Waals surface area contributed by atoms with E-state index in [9.17, 15) is 0 Å². The van der Waals surface area contributed by atoms with Crippen LogP contribution in [0, 0.1) is 10.8 Å². The minimum Gasteiger partial charge on any atom is -0.381 e. The topological polar surface area (TPSA) is 24.5 Å². The standard InChI is InChI=1S/C15H30N2O/c1-14(2,3)11-10-17(8-7-16-11)12-9-13(18-6)15(12,4)5/h11-13,16H,7-10H2,1-6H3. The third-order valence-electron chi connectivity index (χ3n) is 5.10. The Hall–Kier alpha value is -0.120. The van der Waals surface area contributed by atoms with Gasteiger partial charge in [0.2, 0.25) is 0 Å². The van der Waals surface area contributed by atoms with E-state index < -0.39 is 0 Å². The highest BCUT2D eigenvalue weighted by Gasteiger charge is 2.52. The first-order valence-electron chi connectivity index (χ1n) is 7.27. The summed E-state index contributed by atoms with van der Waals surface area (Å²) in [5, 5.41) is 3.67. The molecular weight excluding hydrogens is 224 g/mol. The van der Waals surface area contributed by atoms with Crippen LogP contribution >= 0.6 is 0 Å². The van der Waals surface area contributed by atoms with Crippen molar-refractivity contribution >= 4 is 0 Å². The Morgan fingerprint density at radius 2 is 1.94 bits per heavy atom. The second-order valence-corrected chi connectivity index (χ2v) is 7.66. The molecule has 2 fully saturated rings. The summed E-state index contributed by atoms with van der Waals surface area (Å²) in [6.45, 7) is 15.2. The molecule has 106 valence electrons. The van der Waals surface area contributed by atoms with Gasteiger partial charge in [0, 0.05) is 44.2 Å². The van der Waals surface area contributed by atoms with Crippen LogP contribution in [0.1, 0.15) is 41.0 Å². The smallest absolute Gasteiger partial charge is 0.0652 e. The summed E-state index contributed by atoms with van der Waals surface area (Å²) in [6, 6.07) is 1.29. The average Bonchev–Trinajstić information content (AvgIpc) is 2.27. The highest BCUT2D eigenvalue weighted by molar-refractivity contribution is 5.05. The molecular formula is C15H30N2O. The van der Waals surface area contributed by atoms with E-state index in [2.05, 4.69) is 44.8 Å². The van der Waals surface area contributed by atoms with Gasteiger partial charge in [-0.1, -0.05) is 34.6 Å². The van der Waals surface area contributed by atoms with Gasteiger partial charge in [0.15, 0.2) is 0 Å². The molecule has 0 radical (unpaired) electrons. The van der Waals surface area contributed by atoms with Crippen molar-refractivity contribution in [1.82, 2.24) is 10.2 Å². The lowest BCUT2D eigenvalue weighted by atomic mass is 9.63. The SMILES string of the molecule is COC1CC(N2CCNC(C(C)(C)C)C2)C1(C)C. The normalized spacial score (nSPS) is 37.3. The summed E-state index contributed by atoms with van der Waals surface area (Å²) in [7, 11) is 1.85. The molecule has 0 aromatic heterocycles. The number of ether oxygens (including phenoxy) is 1. The van der Waals surface area contributed by atoms with Gasteiger partial charge in [-0.2, -0.15) is 0 Å². The van der Waals surface area contributed by atoms with Gasteiger partial charge in [-0.3, -0.25) is 4.90 Å². The third-order valence-corrected chi connectivity index (χ3v) is 5.10. The maximum Gasteiger partial charge on any atom is 0.0652 e. The second-order valence-electron chi connectivity index (χ2n) is 7.66. The fraction of sp³-hybridized carbons (Fsp3) is 1.00. The van der Waals surface area contributed by atoms with E-state index in [1.54, 1.807) is 0 Å². The molecule has 2 aliphatic rings. The molecule has 0 amide bonds. The van der Waals surface area contributed by atoms with Crippen LogP contribution in [-0.4, -0.2) is 49.8 Å². The molecule has 0 spiro atoms. The van der Waals surface area contributed by atoms with E-state index in [0.717, 1.165) is 6.54 Å². The third kappa shape index (κ3) is 2.45. The molecule has 1 aliphatic carbocycles. The Balaban J connectivity index is 1.99. The largest absolute Gasteiger partial charge is 0.381 e. The van der Waals surface area contributed by atoms with Crippen LogP contribution in [-0.2, 0) is 4.74 Å². The molecule has 18 heavy (non-hydrogen) atoms. The number of nitrogens with one attached hydrogen (secondary N) is 1. The molecule has 1 saturated heterocycles. The molecule has 0 aromatic rings. The first-order chi connectivity index (χ1) is 8.26. The summed E-state index contributed by atoms with van der Waals surface area (Å²) in [5.41, 5.74) is 0.641. The molecule has 3 atom stereocenters. The molecule has 1 N–H and O–H groups in total. The Morgan fingerprint density at radius 3 is 2.44 bits per heavy atom. The maximum absolute atomic E-state index is 5.57. The minimum atomic E-state index is 0.300. The Morgan fingerprint density at radius 1 is 1.28 bits per heavy atom. The molecule has 2 rings (SSSR count). The zero-order valence-electron chi connectivity index (χ0n) is 12.9. The maximum atomic E-state index is 5.57. The highest BCUT2D eigenvalue weighted by Crippen LogP contribution is 2.46. The van der Waals surface area contributed by atoms with Gasteiger partial charge in [0.1, 0.15) is 0 Å². The summed E-state index contributed by atoms with van der Waals surface area (Å²) >= 11 is 0. The van der Waals surface area contributed by atoms with Gasteiger partial charge < -0.3 is 10.1 Å². The molecule has 3 nitrogen and oxygen atoms in total. The molecule has 3 unspecified atom stereocenters. The van der Waals surface area contributed by atoms with E-state index in [1.807, 2.05) is 7.11 Å². The molecule has 1 saturated carbocycles. The molecule has 0 aromatic carbocycles. The first-order valence-corrected chi connectivity index (χ1v) is 7.27. The Kier molecular flexibility index (Phi) is 3.79. The Bertz CT molecular complexity index is 295. The number of hydrogen-bond donors (Lipinski definition) is 1. The zero-order valence-corrected chi connectivity index (χ0v) is 12.9. The van der Waals surface area contributed by atoms with Crippen LogP contribution in [0.3, 0.4) is 0 Å². The zero-order chi connectivity index (χ0) is 13.6. The number of hydrogen-bond acceptors (Lipinski definition) is 3. The predicted molar refractivity (Wildman–Crippen MR) is 75.8 cm³/mol. The van der Waals surface area contributed by atoms with Crippen molar-refractivity contribution in [2.75, 3.05) is 26.7 Å². The minimum absolute atomic E-state index is 0.300. The van der Waals surface area contributed by atoms with E-state index in [-0.39, 0.29) is 0 Å². The van der Waals surface area contributed by atoms with Gasteiger partial charge in [-0.05, 0) is 11.8 Å². The summed E-state index contributed by atoms with van der Waals surface area (Å²) in [5.74, 6) is 0. The fourth-order valence-corrected chi connectivity index (χ4v) is 3.52. The van der Waals surface area contributed by atoms with Crippen molar-refractivity contribution in [2.45, 2.75) is 59.2 Å². The average molecular weight is 254 g/mol. The van der Waals surface area contributed by atoms with Crippen molar-refractivity contribution in [2.24, 2.45) is 10.8 Å². The van der Waals surface area contributed by atoms with Crippen molar-refractivity contribution in [3.63, 3.8) is 0 Å². The van der Waals surface area contributed by atoms with Crippen LogP contribution in [0.25, 0.3) is 0 Å². The lowest BCUT2D eigenvalue weighted by Crippen LogP contribution is -2.67. The van der Waals surface area contributed by atoms with Gasteiger partial charge in [0.25, 0.3) is 0 Å². The second kappa shape index (κ2) is 4.77. The van der Waals surface area contributed by atoms with Crippen LogP contribution in [0.15, 0.2) is 0 Å². The highest BCUT2D eigenvalue weighted by atomic mass is 16.5. The van der Waals surface area contributed by atoms with Crippen molar-refractivity contribution in [3.05, 3.63) is 0 Å². The van der Waals surface area contributed by atoms with E-state index in [0.29, 0.717) is 29.0 Å². The fourth-order valence-electron chi connectivity index (χ4n) is 3.52. The van der Waals surface area contributed by atoms with Gasteiger partial charge in [0.05, 0.1) is 6.10 Å². The lowest BCUT2D eigenvalue weighted by Gasteiger charge is -2.57. The van der Waals surface area contributed by atoms with E-state index in [1.165, 1.54) is 19.5 Å². The first kappa shape index (κ1) is 14.3. The Labute approximate surface area is 112 Å². The number of nitrogens with zero attached hydrogens (tertiary/aromatic N) is 1. The van der Waals surface area contributed by atoms with Gasteiger partial charge >= 0.3 is 0 Å².